The van der Waals surface area contributed by atoms with Crippen LogP contribution in [0.25, 0.3) is 0 Å². The van der Waals surface area contributed by atoms with Gasteiger partial charge in [0.1, 0.15) is 0 Å². The van der Waals surface area contributed by atoms with Crippen LogP contribution in [0, 0.1) is 5.92 Å². The summed E-state index contributed by atoms with van der Waals surface area (Å²) in [6, 6.07) is 0. The summed E-state index contributed by atoms with van der Waals surface area (Å²) >= 11 is 0. The molecule has 1 saturated heterocycles. The third kappa shape index (κ3) is 2.23. The fraction of sp³-hybridized carbons (Fsp3) is 1.00. The Hall–Kier alpha value is -0.0800. The highest BCUT2D eigenvalue weighted by Crippen LogP contribution is 2.32. The van der Waals surface area contributed by atoms with Crippen molar-refractivity contribution in [3.8, 4) is 0 Å². The predicted octanol–water partition coefficient (Wildman–Crippen LogP) is 2.11. The molecule has 2 aliphatic rings. The van der Waals surface area contributed by atoms with Gasteiger partial charge in [0.05, 0.1) is 12.2 Å². The Labute approximate surface area is 80.3 Å². The van der Waals surface area contributed by atoms with Gasteiger partial charge in [0.2, 0.25) is 0 Å². The third-order valence-electron chi connectivity index (χ3n) is 3.47. The highest BCUT2D eigenvalue weighted by Gasteiger charge is 2.31. The van der Waals surface area contributed by atoms with Crippen LogP contribution < -0.4 is 0 Å². The molecule has 0 amide bonds. The first-order valence-electron chi connectivity index (χ1n) is 5.67. The fourth-order valence-electron chi connectivity index (χ4n) is 2.68. The molecule has 0 aromatic heterocycles. The lowest BCUT2D eigenvalue weighted by Crippen LogP contribution is -2.37. The van der Waals surface area contributed by atoms with Crippen molar-refractivity contribution in [3.05, 3.63) is 0 Å². The first-order valence-corrected chi connectivity index (χ1v) is 5.67. The molecule has 1 aliphatic heterocycles. The molecule has 2 rings (SSSR count). The van der Waals surface area contributed by atoms with Crippen molar-refractivity contribution in [2.45, 2.75) is 57.2 Å². The molecule has 1 N–H and O–H groups in total. The Bertz CT molecular complexity index is 152. The molecule has 0 aromatic carbocycles. The highest BCUT2D eigenvalue weighted by atomic mass is 16.5. The minimum absolute atomic E-state index is 0.0863. The van der Waals surface area contributed by atoms with Crippen LogP contribution in [-0.4, -0.2) is 23.9 Å². The summed E-state index contributed by atoms with van der Waals surface area (Å²) < 4.78 is 5.73. The number of hydrogen-bond acceptors (Lipinski definition) is 2. The molecule has 1 aliphatic carbocycles. The largest absolute Gasteiger partial charge is 0.393 e. The van der Waals surface area contributed by atoms with E-state index < -0.39 is 0 Å². The normalized spacial score (nSPS) is 41.8. The molecule has 0 radical (unpaired) electrons. The van der Waals surface area contributed by atoms with E-state index in [1.807, 2.05) is 0 Å². The number of rotatable bonds is 1. The third-order valence-corrected chi connectivity index (χ3v) is 3.47. The van der Waals surface area contributed by atoms with E-state index in [-0.39, 0.29) is 6.10 Å². The van der Waals surface area contributed by atoms with Gasteiger partial charge in [-0.2, -0.15) is 0 Å². The van der Waals surface area contributed by atoms with E-state index in [9.17, 15) is 5.11 Å². The van der Waals surface area contributed by atoms with E-state index in [0.717, 1.165) is 13.0 Å². The summed E-state index contributed by atoms with van der Waals surface area (Å²) in [4.78, 5) is 0. The Kier molecular flexibility index (Phi) is 3.23. The lowest BCUT2D eigenvalue weighted by atomic mass is 9.80. The van der Waals surface area contributed by atoms with Crippen LogP contribution in [0.15, 0.2) is 0 Å². The zero-order valence-electron chi connectivity index (χ0n) is 8.24. The molecule has 1 heterocycles. The summed E-state index contributed by atoms with van der Waals surface area (Å²) in [6.45, 7) is 0.911. The zero-order chi connectivity index (χ0) is 9.10. The lowest BCUT2D eigenvalue weighted by molar-refractivity contribution is -0.0734. The van der Waals surface area contributed by atoms with Crippen LogP contribution >= 0.6 is 0 Å². The topological polar surface area (TPSA) is 29.5 Å². The van der Waals surface area contributed by atoms with Gasteiger partial charge in [-0.25, -0.2) is 0 Å². The predicted molar refractivity (Wildman–Crippen MR) is 51.6 cm³/mol. The first kappa shape index (κ1) is 9.47. The lowest BCUT2D eigenvalue weighted by Gasteiger charge is -2.36. The number of ether oxygens (including phenoxy) is 1. The monoisotopic (exact) mass is 184 g/mol. The summed E-state index contributed by atoms with van der Waals surface area (Å²) in [7, 11) is 0. The van der Waals surface area contributed by atoms with Crippen LogP contribution in [0.3, 0.4) is 0 Å². The number of aliphatic hydroxyl groups excluding tert-OH is 1. The van der Waals surface area contributed by atoms with E-state index in [1.165, 1.54) is 38.5 Å². The second kappa shape index (κ2) is 4.43. The minimum atomic E-state index is -0.0863. The maximum Gasteiger partial charge on any atom is 0.0627 e. The maximum absolute atomic E-state index is 9.84. The SMILES string of the molecule is OC1CCCCC1C1CCCCO1. The summed E-state index contributed by atoms with van der Waals surface area (Å²) in [5, 5.41) is 9.84. The van der Waals surface area contributed by atoms with Gasteiger partial charge in [0.25, 0.3) is 0 Å². The molecule has 2 heteroatoms. The molecule has 3 unspecified atom stereocenters. The standard InChI is InChI=1S/C11H20O2/c12-10-6-2-1-5-9(10)11-7-3-4-8-13-11/h9-12H,1-8H2. The van der Waals surface area contributed by atoms with E-state index in [4.69, 9.17) is 4.74 Å². The molecule has 0 spiro atoms. The van der Waals surface area contributed by atoms with Crippen molar-refractivity contribution in [2.75, 3.05) is 6.61 Å². The van der Waals surface area contributed by atoms with Crippen LogP contribution in [0.2, 0.25) is 0 Å². The molecule has 3 atom stereocenters. The van der Waals surface area contributed by atoms with E-state index in [0.29, 0.717) is 12.0 Å². The van der Waals surface area contributed by atoms with Gasteiger partial charge >= 0.3 is 0 Å². The molecular weight excluding hydrogens is 164 g/mol. The van der Waals surface area contributed by atoms with Crippen molar-refractivity contribution < 1.29 is 9.84 Å². The van der Waals surface area contributed by atoms with Gasteiger partial charge in [-0.3, -0.25) is 0 Å². The van der Waals surface area contributed by atoms with Gasteiger partial charge in [0, 0.05) is 12.5 Å². The molecule has 76 valence electrons. The molecule has 13 heavy (non-hydrogen) atoms. The molecule has 2 fully saturated rings. The number of hydrogen-bond donors (Lipinski definition) is 1. The maximum atomic E-state index is 9.84. The van der Waals surface area contributed by atoms with Crippen molar-refractivity contribution in [2.24, 2.45) is 5.92 Å². The molecule has 0 bridgehead atoms. The summed E-state index contributed by atoms with van der Waals surface area (Å²) in [6.07, 6.45) is 8.58. The Morgan fingerprint density at radius 1 is 0.923 bits per heavy atom. The molecule has 1 saturated carbocycles. The average molecular weight is 184 g/mol. The molecule has 2 nitrogen and oxygen atoms in total. The average Bonchev–Trinajstić information content (AvgIpc) is 2.20. The second-order valence-corrected chi connectivity index (χ2v) is 4.42. The van der Waals surface area contributed by atoms with E-state index >= 15 is 0 Å². The van der Waals surface area contributed by atoms with Crippen LogP contribution in [0.4, 0.5) is 0 Å². The van der Waals surface area contributed by atoms with Gasteiger partial charge in [0.15, 0.2) is 0 Å². The summed E-state index contributed by atoms with van der Waals surface area (Å²) in [5.74, 6) is 0.439. The quantitative estimate of drug-likeness (QED) is 0.676. The summed E-state index contributed by atoms with van der Waals surface area (Å²) in [5.41, 5.74) is 0. The van der Waals surface area contributed by atoms with Crippen molar-refractivity contribution >= 4 is 0 Å². The second-order valence-electron chi connectivity index (χ2n) is 4.42. The minimum Gasteiger partial charge on any atom is -0.393 e. The first-order chi connectivity index (χ1) is 6.38. The van der Waals surface area contributed by atoms with Gasteiger partial charge in [-0.1, -0.05) is 12.8 Å². The van der Waals surface area contributed by atoms with Gasteiger partial charge in [-0.05, 0) is 32.1 Å². The van der Waals surface area contributed by atoms with Crippen LogP contribution in [0.1, 0.15) is 44.9 Å². The number of aliphatic hydroxyl groups is 1. The molecule has 0 aromatic rings. The van der Waals surface area contributed by atoms with Crippen LogP contribution in [0.5, 0.6) is 0 Å². The van der Waals surface area contributed by atoms with Crippen molar-refractivity contribution in [3.63, 3.8) is 0 Å². The highest BCUT2D eigenvalue weighted by molar-refractivity contribution is 4.82. The Morgan fingerprint density at radius 3 is 2.38 bits per heavy atom. The van der Waals surface area contributed by atoms with Crippen molar-refractivity contribution in [1.29, 1.82) is 0 Å². The fourth-order valence-corrected chi connectivity index (χ4v) is 2.68. The van der Waals surface area contributed by atoms with E-state index in [2.05, 4.69) is 0 Å². The molecular formula is C11H20O2. The van der Waals surface area contributed by atoms with Crippen molar-refractivity contribution in [1.82, 2.24) is 0 Å². The zero-order valence-corrected chi connectivity index (χ0v) is 8.24. The van der Waals surface area contributed by atoms with Crippen LogP contribution in [-0.2, 0) is 4.74 Å². The smallest absolute Gasteiger partial charge is 0.0627 e. The van der Waals surface area contributed by atoms with Gasteiger partial charge < -0.3 is 9.84 Å². The Morgan fingerprint density at radius 2 is 1.69 bits per heavy atom. The van der Waals surface area contributed by atoms with E-state index in [1.54, 1.807) is 0 Å². The Balaban J connectivity index is 1.88. The van der Waals surface area contributed by atoms with Gasteiger partial charge in [-0.15, -0.1) is 0 Å².